The van der Waals surface area contributed by atoms with Crippen LogP contribution in [0.4, 0.5) is 0 Å². The minimum atomic E-state index is -0.389. The molecule has 0 saturated carbocycles. The lowest BCUT2D eigenvalue weighted by Gasteiger charge is -2.03. The van der Waals surface area contributed by atoms with Crippen molar-refractivity contribution in [2.24, 2.45) is 0 Å². The molecule has 0 bridgehead atoms. The van der Waals surface area contributed by atoms with E-state index in [2.05, 4.69) is 0 Å². The average Bonchev–Trinajstić information content (AvgIpc) is 2.87. The maximum Gasteiger partial charge on any atom is 0.343 e. The number of ether oxygens (including phenoxy) is 1. The second-order valence-corrected chi connectivity index (χ2v) is 3.88. The first kappa shape index (κ1) is 10.6. The standard InChI is InChI=1S/C15H10O3/c16-15(18-13-4-2-1-3-5-13)12-7-6-11-8-9-17-14(11)10-12/h1-10H. The molecule has 0 unspecified atom stereocenters. The molecule has 0 aliphatic heterocycles. The Kier molecular flexibility index (Phi) is 2.57. The van der Waals surface area contributed by atoms with E-state index in [1.807, 2.05) is 30.3 Å². The molecule has 2 aromatic carbocycles. The topological polar surface area (TPSA) is 39.4 Å². The maximum absolute atomic E-state index is 11.9. The molecule has 88 valence electrons. The summed E-state index contributed by atoms with van der Waals surface area (Å²) in [5.74, 6) is 0.140. The van der Waals surface area contributed by atoms with Crippen molar-refractivity contribution in [3.05, 3.63) is 66.4 Å². The molecule has 3 rings (SSSR count). The summed E-state index contributed by atoms with van der Waals surface area (Å²) < 4.78 is 10.5. The molecule has 0 aliphatic carbocycles. The number of para-hydroxylation sites is 1. The van der Waals surface area contributed by atoms with Gasteiger partial charge >= 0.3 is 5.97 Å². The zero-order chi connectivity index (χ0) is 12.4. The number of fused-ring (bicyclic) bond motifs is 1. The first-order chi connectivity index (χ1) is 8.83. The molecule has 1 heterocycles. The van der Waals surface area contributed by atoms with Gasteiger partial charge in [0.1, 0.15) is 11.3 Å². The SMILES string of the molecule is O=C(Oc1ccccc1)c1ccc2ccoc2c1. The molecule has 0 aliphatic rings. The molecule has 3 heteroatoms. The Hall–Kier alpha value is -2.55. The Bertz CT molecular complexity index is 683. The highest BCUT2D eigenvalue weighted by atomic mass is 16.5. The van der Waals surface area contributed by atoms with E-state index in [4.69, 9.17) is 9.15 Å². The van der Waals surface area contributed by atoms with Gasteiger partial charge in [-0.15, -0.1) is 0 Å². The van der Waals surface area contributed by atoms with Gasteiger partial charge in [0.2, 0.25) is 0 Å². The van der Waals surface area contributed by atoms with E-state index in [1.165, 1.54) is 0 Å². The molecule has 0 N–H and O–H groups in total. The minimum absolute atomic E-state index is 0.389. The molecule has 3 nitrogen and oxygen atoms in total. The third-order valence-corrected chi connectivity index (χ3v) is 2.65. The predicted molar refractivity (Wildman–Crippen MR) is 67.6 cm³/mol. The van der Waals surface area contributed by atoms with Crippen LogP contribution in [0.5, 0.6) is 5.75 Å². The van der Waals surface area contributed by atoms with Crippen molar-refractivity contribution in [1.29, 1.82) is 0 Å². The first-order valence-corrected chi connectivity index (χ1v) is 5.57. The van der Waals surface area contributed by atoms with Crippen molar-refractivity contribution < 1.29 is 13.9 Å². The van der Waals surface area contributed by atoms with E-state index in [1.54, 1.807) is 30.5 Å². The van der Waals surface area contributed by atoms with Crippen LogP contribution in [0, 0.1) is 0 Å². The Balaban J connectivity index is 1.87. The second-order valence-electron chi connectivity index (χ2n) is 3.88. The molecule has 0 saturated heterocycles. The normalized spacial score (nSPS) is 10.4. The fourth-order valence-electron chi connectivity index (χ4n) is 1.74. The Morgan fingerprint density at radius 2 is 1.83 bits per heavy atom. The van der Waals surface area contributed by atoms with Crippen molar-refractivity contribution in [2.75, 3.05) is 0 Å². The van der Waals surface area contributed by atoms with E-state index in [0.29, 0.717) is 16.9 Å². The van der Waals surface area contributed by atoms with Crippen LogP contribution in [0.2, 0.25) is 0 Å². The van der Waals surface area contributed by atoms with Crippen LogP contribution in [-0.4, -0.2) is 5.97 Å². The molecule has 0 radical (unpaired) electrons. The highest BCUT2D eigenvalue weighted by molar-refractivity contribution is 5.95. The van der Waals surface area contributed by atoms with Gasteiger partial charge in [-0.1, -0.05) is 24.3 Å². The monoisotopic (exact) mass is 238 g/mol. The Morgan fingerprint density at radius 3 is 2.67 bits per heavy atom. The lowest BCUT2D eigenvalue weighted by molar-refractivity contribution is 0.0735. The van der Waals surface area contributed by atoms with Gasteiger partial charge in [0.15, 0.2) is 0 Å². The first-order valence-electron chi connectivity index (χ1n) is 5.57. The van der Waals surface area contributed by atoms with Gasteiger partial charge in [-0.3, -0.25) is 0 Å². The smallest absolute Gasteiger partial charge is 0.343 e. The molecule has 0 amide bonds. The molecule has 3 aromatic rings. The number of rotatable bonds is 2. The molecular formula is C15H10O3. The molecule has 1 aromatic heterocycles. The highest BCUT2D eigenvalue weighted by Crippen LogP contribution is 2.18. The summed E-state index contributed by atoms with van der Waals surface area (Å²) in [6.07, 6.45) is 1.59. The summed E-state index contributed by atoms with van der Waals surface area (Å²) in [5.41, 5.74) is 1.15. The van der Waals surface area contributed by atoms with Crippen LogP contribution in [0.15, 0.2) is 65.3 Å². The van der Waals surface area contributed by atoms with Crippen molar-refractivity contribution in [2.45, 2.75) is 0 Å². The van der Waals surface area contributed by atoms with Crippen molar-refractivity contribution in [3.63, 3.8) is 0 Å². The molecule has 0 atom stereocenters. The van der Waals surface area contributed by atoms with Crippen molar-refractivity contribution in [1.82, 2.24) is 0 Å². The van der Waals surface area contributed by atoms with E-state index in [-0.39, 0.29) is 5.97 Å². The van der Waals surface area contributed by atoms with Gasteiger partial charge in [0.25, 0.3) is 0 Å². The number of carbonyl (C=O) groups is 1. The fraction of sp³-hybridized carbons (Fsp3) is 0. The summed E-state index contributed by atoms with van der Waals surface area (Å²) in [4.78, 5) is 11.9. The van der Waals surface area contributed by atoms with Gasteiger partial charge < -0.3 is 9.15 Å². The van der Waals surface area contributed by atoms with Gasteiger partial charge in [-0.2, -0.15) is 0 Å². The molecule has 18 heavy (non-hydrogen) atoms. The number of furan rings is 1. The van der Waals surface area contributed by atoms with E-state index in [0.717, 1.165) is 5.39 Å². The van der Waals surface area contributed by atoms with Gasteiger partial charge in [-0.25, -0.2) is 4.79 Å². The quantitative estimate of drug-likeness (QED) is 0.505. The summed E-state index contributed by atoms with van der Waals surface area (Å²) in [5, 5.41) is 0.964. The van der Waals surface area contributed by atoms with Gasteiger partial charge in [0, 0.05) is 5.39 Å². The third-order valence-electron chi connectivity index (χ3n) is 2.65. The summed E-state index contributed by atoms with van der Waals surface area (Å²) >= 11 is 0. The maximum atomic E-state index is 11.9. The highest BCUT2D eigenvalue weighted by Gasteiger charge is 2.09. The summed E-state index contributed by atoms with van der Waals surface area (Å²) in [7, 11) is 0. The zero-order valence-corrected chi connectivity index (χ0v) is 9.50. The van der Waals surface area contributed by atoms with E-state index < -0.39 is 0 Å². The fourth-order valence-corrected chi connectivity index (χ4v) is 1.74. The van der Waals surface area contributed by atoms with Crippen LogP contribution < -0.4 is 4.74 Å². The lowest BCUT2D eigenvalue weighted by Crippen LogP contribution is -2.07. The van der Waals surface area contributed by atoms with Gasteiger partial charge in [0.05, 0.1) is 11.8 Å². The average molecular weight is 238 g/mol. The zero-order valence-electron chi connectivity index (χ0n) is 9.50. The predicted octanol–water partition coefficient (Wildman–Crippen LogP) is 3.65. The van der Waals surface area contributed by atoms with Crippen LogP contribution in [-0.2, 0) is 0 Å². The van der Waals surface area contributed by atoms with Crippen molar-refractivity contribution in [3.8, 4) is 5.75 Å². The van der Waals surface area contributed by atoms with Crippen LogP contribution in [0.3, 0.4) is 0 Å². The Labute approximate surface area is 104 Å². The molecule has 0 spiro atoms. The summed E-state index contributed by atoms with van der Waals surface area (Å²) in [6, 6.07) is 16.1. The van der Waals surface area contributed by atoms with Crippen molar-refractivity contribution >= 4 is 16.9 Å². The summed E-state index contributed by atoms with van der Waals surface area (Å²) in [6.45, 7) is 0. The third kappa shape index (κ3) is 1.98. The van der Waals surface area contributed by atoms with E-state index >= 15 is 0 Å². The Morgan fingerprint density at radius 1 is 1.00 bits per heavy atom. The van der Waals surface area contributed by atoms with E-state index in [9.17, 15) is 4.79 Å². The van der Waals surface area contributed by atoms with Crippen LogP contribution >= 0.6 is 0 Å². The number of carbonyl (C=O) groups excluding carboxylic acids is 1. The van der Waals surface area contributed by atoms with Crippen LogP contribution in [0.25, 0.3) is 11.0 Å². The van der Waals surface area contributed by atoms with Gasteiger partial charge in [-0.05, 0) is 30.3 Å². The molecule has 0 fully saturated rings. The number of hydrogen-bond donors (Lipinski definition) is 0. The lowest BCUT2D eigenvalue weighted by atomic mass is 10.2. The largest absolute Gasteiger partial charge is 0.464 e. The van der Waals surface area contributed by atoms with Crippen LogP contribution in [0.1, 0.15) is 10.4 Å². The second kappa shape index (κ2) is 4.37. The number of hydrogen-bond acceptors (Lipinski definition) is 3. The number of esters is 1. The molecular weight excluding hydrogens is 228 g/mol. The minimum Gasteiger partial charge on any atom is -0.464 e. The number of benzene rings is 2.